The van der Waals surface area contributed by atoms with E-state index in [4.69, 9.17) is 0 Å². The highest BCUT2D eigenvalue weighted by Gasteiger charge is 2.68. The van der Waals surface area contributed by atoms with Crippen LogP contribution in [-0.4, -0.2) is 35.4 Å². The quantitative estimate of drug-likeness (QED) is 0.660. The van der Waals surface area contributed by atoms with Gasteiger partial charge >= 0.3 is 23.7 Å². The van der Waals surface area contributed by atoms with Gasteiger partial charge in [0.15, 0.2) is 0 Å². The van der Waals surface area contributed by atoms with Crippen molar-refractivity contribution >= 4 is 11.9 Å². The van der Waals surface area contributed by atoms with Gasteiger partial charge in [-0.2, -0.15) is 13.2 Å². The smallest absolute Gasteiger partial charge is 0.439 e. The molecule has 5 nitrogen and oxygen atoms in total. The number of alkyl halides is 3. The molecule has 1 atom stereocenters. The predicted molar refractivity (Wildman–Crippen MR) is 63.9 cm³/mol. The molecule has 21 heavy (non-hydrogen) atoms. The van der Waals surface area contributed by atoms with E-state index in [1.54, 1.807) is 18.2 Å². The first-order valence-corrected chi connectivity index (χ1v) is 5.91. The summed E-state index contributed by atoms with van der Waals surface area (Å²) < 4.78 is 46.9. The van der Waals surface area contributed by atoms with Crippen molar-refractivity contribution in [2.75, 3.05) is 6.61 Å². The molecular weight excluding hydrogens is 293 g/mol. The Morgan fingerprint density at radius 3 is 2.10 bits per heavy atom. The van der Waals surface area contributed by atoms with E-state index in [0.29, 0.717) is 5.56 Å². The molecule has 0 aliphatic rings. The van der Waals surface area contributed by atoms with E-state index < -0.39 is 36.9 Å². The summed E-state index contributed by atoms with van der Waals surface area (Å²) in [6.45, 7) is 0.296. The average Bonchev–Trinajstić information content (AvgIpc) is 2.43. The molecule has 0 aliphatic heterocycles. The fraction of sp³-hybridized carbons (Fsp3) is 0.385. The lowest BCUT2D eigenvalue weighted by molar-refractivity contribution is -0.264. The number of aliphatic hydroxyl groups is 1. The highest BCUT2D eigenvalue weighted by molar-refractivity contribution is 6.04. The number of hydrogen-bond acceptors (Lipinski definition) is 5. The van der Waals surface area contributed by atoms with Crippen molar-refractivity contribution in [1.29, 1.82) is 0 Å². The summed E-state index contributed by atoms with van der Waals surface area (Å²) in [5, 5.41) is 9.42. The van der Waals surface area contributed by atoms with E-state index in [9.17, 15) is 27.9 Å². The van der Waals surface area contributed by atoms with Crippen molar-refractivity contribution in [1.82, 2.24) is 0 Å². The fourth-order valence-corrected chi connectivity index (χ4v) is 1.38. The van der Waals surface area contributed by atoms with Crippen LogP contribution in [0.5, 0.6) is 0 Å². The third kappa shape index (κ3) is 3.72. The minimum atomic E-state index is -5.55. The van der Waals surface area contributed by atoms with Crippen LogP contribution < -0.4 is 0 Å². The summed E-state index contributed by atoms with van der Waals surface area (Å²) in [5.74, 6) is -4.24. The lowest BCUT2D eigenvalue weighted by Gasteiger charge is -2.25. The third-order valence-electron chi connectivity index (χ3n) is 2.49. The number of carbonyl (C=O) groups excluding carboxylic acids is 2. The molecule has 0 saturated carbocycles. The Hall–Kier alpha value is -2.09. The molecule has 0 heterocycles. The first kappa shape index (κ1) is 17.0. The maximum absolute atomic E-state index is 12.8. The normalized spacial score (nSPS) is 14.1. The molecule has 1 N–H and O–H groups in total. The first-order valence-electron chi connectivity index (χ1n) is 5.91. The zero-order chi connectivity index (χ0) is 16.1. The van der Waals surface area contributed by atoms with Gasteiger partial charge < -0.3 is 14.6 Å². The first-order chi connectivity index (χ1) is 9.73. The molecule has 0 aliphatic carbocycles. The van der Waals surface area contributed by atoms with Crippen molar-refractivity contribution in [3.63, 3.8) is 0 Å². The Kier molecular flexibility index (Phi) is 5.31. The summed E-state index contributed by atoms with van der Waals surface area (Å²) >= 11 is 0. The zero-order valence-corrected chi connectivity index (χ0v) is 11.0. The Labute approximate surface area is 118 Å². The van der Waals surface area contributed by atoms with Gasteiger partial charge in [-0.3, -0.25) is 0 Å². The molecule has 1 aromatic rings. The van der Waals surface area contributed by atoms with Gasteiger partial charge in [0.2, 0.25) is 0 Å². The maximum Gasteiger partial charge on any atom is 0.439 e. The van der Waals surface area contributed by atoms with Crippen molar-refractivity contribution in [2.45, 2.75) is 25.3 Å². The summed E-state index contributed by atoms with van der Waals surface area (Å²) in [5.41, 5.74) is -3.93. The number of esters is 2. The largest absolute Gasteiger partial charge is 0.463 e. The van der Waals surface area contributed by atoms with Crippen LogP contribution in [0.2, 0.25) is 0 Å². The van der Waals surface area contributed by atoms with Gasteiger partial charge in [0, 0.05) is 0 Å². The third-order valence-corrected chi connectivity index (χ3v) is 2.49. The van der Waals surface area contributed by atoms with E-state index >= 15 is 0 Å². The highest BCUT2D eigenvalue weighted by Crippen LogP contribution is 2.33. The fourth-order valence-electron chi connectivity index (χ4n) is 1.38. The molecule has 0 aromatic heterocycles. The summed E-state index contributed by atoms with van der Waals surface area (Å²) in [7, 11) is 0. The second kappa shape index (κ2) is 6.57. The van der Waals surface area contributed by atoms with Crippen LogP contribution in [0.4, 0.5) is 13.2 Å². The SMILES string of the molecule is CCOC(=O)[C@@](O)(C(=O)OCc1ccccc1)C(F)(F)F. The molecule has 0 unspecified atom stereocenters. The summed E-state index contributed by atoms with van der Waals surface area (Å²) in [6, 6.07) is 7.85. The second-order valence-electron chi connectivity index (χ2n) is 3.99. The summed E-state index contributed by atoms with van der Waals surface area (Å²) in [4.78, 5) is 22.8. The molecule has 0 amide bonds. The van der Waals surface area contributed by atoms with Crippen molar-refractivity contribution in [3.05, 3.63) is 35.9 Å². The molecule has 116 valence electrons. The van der Waals surface area contributed by atoms with Gasteiger partial charge in [0.1, 0.15) is 6.61 Å². The van der Waals surface area contributed by atoms with Crippen molar-refractivity contribution in [3.8, 4) is 0 Å². The molecule has 0 fully saturated rings. The summed E-state index contributed by atoms with van der Waals surface area (Å²) in [6.07, 6.45) is -5.55. The average molecular weight is 306 g/mol. The van der Waals surface area contributed by atoms with E-state index in [0.717, 1.165) is 0 Å². The van der Waals surface area contributed by atoms with Crippen LogP contribution in [0.1, 0.15) is 12.5 Å². The van der Waals surface area contributed by atoms with Gasteiger partial charge in [-0.25, -0.2) is 9.59 Å². The lowest BCUT2D eigenvalue weighted by atomic mass is 10.0. The molecule has 0 bridgehead atoms. The Bertz CT molecular complexity index is 500. The van der Waals surface area contributed by atoms with Gasteiger partial charge in [-0.15, -0.1) is 0 Å². The molecule has 0 radical (unpaired) electrons. The number of rotatable bonds is 5. The Balaban J connectivity index is 2.89. The standard InChI is InChI=1S/C13H13F3O5/c1-2-20-10(17)12(19,13(14,15)16)11(18)21-8-9-6-4-3-5-7-9/h3-7,19H,2,8H2,1H3/t12-/m1/s1. The number of benzene rings is 1. The molecule has 1 aromatic carbocycles. The second-order valence-corrected chi connectivity index (χ2v) is 3.99. The molecule has 0 spiro atoms. The van der Waals surface area contributed by atoms with Crippen LogP contribution in [0, 0.1) is 0 Å². The number of carbonyl (C=O) groups is 2. The molecular formula is C13H13F3O5. The minimum Gasteiger partial charge on any atom is -0.463 e. The van der Waals surface area contributed by atoms with Gasteiger partial charge in [-0.05, 0) is 12.5 Å². The van der Waals surface area contributed by atoms with Crippen LogP contribution in [-0.2, 0) is 25.7 Å². The number of ether oxygens (including phenoxy) is 2. The zero-order valence-electron chi connectivity index (χ0n) is 11.0. The number of halogens is 3. The van der Waals surface area contributed by atoms with Crippen molar-refractivity contribution in [2.24, 2.45) is 0 Å². The molecule has 0 saturated heterocycles. The van der Waals surface area contributed by atoms with Crippen LogP contribution >= 0.6 is 0 Å². The van der Waals surface area contributed by atoms with E-state index in [1.165, 1.54) is 19.1 Å². The van der Waals surface area contributed by atoms with Crippen LogP contribution in [0.15, 0.2) is 30.3 Å². The number of hydrogen-bond donors (Lipinski definition) is 1. The lowest BCUT2D eigenvalue weighted by Crippen LogP contribution is -2.59. The van der Waals surface area contributed by atoms with Gasteiger partial charge in [0.05, 0.1) is 6.61 Å². The van der Waals surface area contributed by atoms with Gasteiger partial charge in [0.25, 0.3) is 0 Å². The Morgan fingerprint density at radius 2 is 1.62 bits per heavy atom. The van der Waals surface area contributed by atoms with E-state index in [2.05, 4.69) is 9.47 Å². The van der Waals surface area contributed by atoms with Crippen LogP contribution in [0.25, 0.3) is 0 Å². The highest BCUT2D eigenvalue weighted by atomic mass is 19.4. The molecule has 8 heteroatoms. The predicted octanol–water partition coefficient (Wildman–Crippen LogP) is 1.59. The topological polar surface area (TPSA) is 72.8 Å². The van der Waals surface area contributed by atoms with Crippen LogP contribution in [0.3, 0.4) is 0 Å². The van der Waals surface area contributed by atoms with E-state index in [1.807, 2.05) is 0 Å². The van der Waals surface area contributed by atoms with E-state index in [-0.39, 0.29) is 0 Å². The van der Waals surface area contributed by atoms with Gasteiger partial charge in [-0.1, -0.05) is 30.3 Å². The maximum atomic E-state index is 12.8. The molecule has 1 rings (SSSR count). The Morgan fingerprint density at radius 1 is 1.10 bits per heavy atom. The minimum absolute atomic E-state index is 0.402. The monoisotopic (exact) mass is 306 g/mol. The van der Waals surface area contributed by atoms with Crippen molar-refractivity contribution < 1.29 is 37.3 Å².